The fourth-order valence-electron chi connectivity index (χ4n) is 4.36. The minimum absolute atomic E-state index is 0.267. The van der Waals surface area contributed by atoms with E-state index in [-0.39, 0.29) is 6.04 Å². The number of Topliss-reactive ketones (excluding diaryl/α,β-unsaturated/α-hetero) is 1. The first-order valence-electron chi connectivity index (χ1n) is 8.24. The summed E-state index contributed by atoms with van der Waals surface area (Å²) < 4.78 is 2.25. The Balaban J connectivity index is 1.55. The van der Waals surface area contributed by atoms with Crippen molar-refractivity contribution in [1.29, 1.82) is 0 Å². The van der Waals surface area contributed by atoms with Crippen LogP contribution in [-0.2, 0) is 4.79 Å². The molecule has 3 nitrogen and oxygen atoms in total. The van der Waals surface area contributed by atoms with E-state index in [9.17, 15) is 4.79 Å². The van der Waals surface area contributed by atoms with Crippen LogP contribution < -0.4 is 0 Å². The summed E-state index contributed by atoms with van der Waals surface area (Å²) in [7, 11) is 0. The summed E-state index contributed by atoms with van der Waals surface area (Å²) in [6.07, 6.45) is 19.3. The molecule has 21 heavy (non-hydrogen) atoms. The van der Waals surface area contributed by atoms with Gasteiger partial charge in [0.2, 0.25) is 0 Å². The van der Waals surface area contributed by atoms with Crippen molar-refractivity contribution in [3.05, 3.63) is 42.5 Å². The summed E-state index contributed by atoms with van der Waals surface area (Å²) >= 11 is 0. The Morgan fingerprint density at radius 1 is 1.19 bits per heavy atom. The first-order chi connectivity index (χ1) is 10.3. The van der Waals surface area contributed by atoms with Gasteiger partial charge in [-0.2, -0.15) is 0 Å². The maximum atomic E-state index is 12.7. The number of hydrogen-bond acceptors (Lipinski definition) is 2. The van der Waals surface area contributed by atoms with E-state index in [4.69, 9.17) is 0 Å². The molecule has 2 heterocycles. The molecule has 2 aliphatic carbocycles. The van der Waals surface area contributed by atoms with Gasteiger partial charge in [0.25, 0.3) is 0 Å². The maximum Gasteiger partial charge on any atom is 0.138 e. The zero-order valence-electron chi connectivity index (χ0n) is 12.3. The fourth-order valence-corrected chi connectivity index (χ4v) is 4.36. The second-order valence-corrected chi connectivity index (χ2v) is 6.67. The van der Waals surface area contributed by atoms with Crippen LogP contribution in [0.4, 0.5) is 0 Å². The smallest absolute Gasteiger partial charge is 0.138 e. The minimum atomic E-state index is 0.267. The first kappa shape index (κ1) is 13.1. The van der Waals surface area contributed by atoms with Gasteiger partial charge < -0.3 is 4.57 Å². The Morgan fingerprint density at radius 2 is 2.00 bits per heavy atom. The quantitative estimate of drug-likeness (QED) is 0.845. The molecular weight excluding hydrogens is 260 g/mol. The number of carbonyl (C=O) groups excluding carboxylic acids is 1. The van der Waals surface area contributed by atoms with Crippen LogP contribution in [0.25, 0.3) is 0 Å². The number of rotatable bonds is 3. The van der Waals surface area contributed by atoms with Crippen molar-refractivity contribution >= 4 is 5.78 Å². The first-order valence-corrected chi connectivity index (χ1v) is 8.24. The molecule has 1 fully saturated rings. The van der Waals surface area contributed by atoms with Crippen molar-refractivity contribution in [2.45, 2.75) is 50.5 Å². The average Bonchev–Trinajstić information content (AvgIpc) is 3.11. The number of imidazole rings is 1. The third kappa shape index (κ3) is 2.19. The molecule has 1 aromatic heterocycles. The number of aromatic nitrogens is 2. The molecule has 1 saturated carbocycles. The van der Waals surface area contributed by atoms with Crippen LogP contribution in [0.15, 0.2) is 36.8 Å². The number of ketones is 1. The summed E-state index contributed by atoms with van der Waals surface area (Å²) in [4.78, 5) is 17.0. The highest BCUT2D eigenvalue weighted by Crippen LogP contribution is 2.46. The van der Waals surface area contributed by atoms with Crippen LogP contribution in [0.3, 0.4) is 0 Å². The van der Waals surface area contributed by atoms with Crippen molar-refractivity contribution < 1.29 is 4.79 Å². The topological polar surface area (TPSA) is 34.9 Å². The molecule has 0 bridgehead atoms. The van der Waals surface area contributed by atoms with Crippen LogP contribution in [0.1, 0.15) is 56.2 Å². The fraction of sp³-hybridized carbons (Fsp3) is 0.556. The Morgan fingerprint density at radius 3 is 2.86 bits per heavy atom. The molecule has 1 aromatic rings. The van der Waals surface area contributed by atoms with E-state index < -0.39 is 0 Å². The molecule has 0 spiro atoms. The van der Waals surface area contributed by atoms with Gasteiger partial charge in [0.05, 0.1) is 6.33 Å². The van der Waals surface area contributed by atoms with Gasteiger partial charge in [-0.05, 0) is 12.8 Å². The molecule has 110 valence electrons. The van der Waals surface area contributed by atoms with Gasteiger partial charge in [0.1, 0.15) is 5.78 Å². The van der Waals surface area contributed by atoms with E-state index in [0.717, 1.165) is 12.8 Å². The van der Waals surface area contributed by atoms with Crippen molar-refractivity contribution in [2.75, 3.05) is 0 Å². The molecule has 1 aliphatic heterocycles. The van der Waals surface area contributed by atoms with Gasteiger partial charge in [-0.1, -0.05) is 43.6 Å². The second-order valence-electron chi connectivity index (χ2n) is 6.67. The highest BCUT2D eigenvalue weighted by molar-refractivity contribution is 5.81. The van der Waals surface area contributed by atoms with Gasteiger partial charge in [-0.15, -0.1) is 0 Å². The van der Waals surface area contributed by atoms with Crippen molar-refractivity contribution in [1.82, 2.24) is 9.55 Å². The lowest BCUT2D eigenvalue weighted by Gasteiger charge is -2.25. The second kappa shape index (κ2) is 5.28. The molecule has 0 N–H and O–H groups in total. The van der Waals surface area contributed by atoms with E-state index in [1.807, 2.05) is 12.5 Å². The lowest BCUT2D eigenvalue weighted by molar-refractivity contribution is -0.124. The summed E-state index contributed by atoms with van der Waals surface area (Å²) in [5.41, 5.74) is 1.27. The Bertz CT molecular complexity index is 592. The van der Waals surface area contributed by atoms with Crippen molar-refractivity contribution in [3.8, 4) is 0 Å². The van der Waals surface area contributed by atoms with E-state index in [0.29, 0.717) is 30.0 Å². The molecule has 0 aromatic carbocycles. The molecule has 3 heteroatoms. The average molecular weight is 282 g/mol. The Hall–Kier alpha value is -1.64. The van der Waals surface area contributed by atoms with E-state index in [1.165, 1.54) is 25.0 Å². The predicted molar refractivity (Wildman–Crippen MR) is 82.0 cm³/mol. The molecule has 3 aliphatic rings. The zero-order chi connectivity index (χ0) is 14.2. The summed E-state index contributed by atoms with van der Waals surface area (Å²) in [6.45, 7) is 0. The number of fused-ring (bicyclic) bond motifs is 3. The van der Waals surface area contributed by atoms with E-state index >= 15 is 0 Å². The summed E-state index contributed by atoms with van der Waals surface area (Å²) in [5.74, 6) is 1.62. The standard InChI is InChI=1S/C18H22N2O/c21-18(13-6-2-1-3-7-13)10-16-14-8-4-5-9-15(14)17-11-19-12-20(16)17/h4-5,8-9,11-16H,1-3,6-7,10H2. The van der Waals surface area contributed by atoms with Crippen LogP contribution in [0.5, 0.6) is 0 Å². The van der Waals surface area contributed by atoms with Crippen molar-refractivity contribution in [3.63, 3.8) is 0 Å². The molecule has 0 amide bonds. The van der Waals surface area contributed by atoms with Gasteiger partial charge in [0.15, 0.2) is 0 Å². The third-order valence-corrected chi connectivity index (χ3v) is 5.49. The summed E-state index contributed by atoms with van der Waals surface area (Å²) in [5, 5.41) is 0. The number of nitrogens with zero attached hydrogens (tertiary/aromatic N) is 2. The normalized spacial score (nSPS) is 31.1. The Labute approximate surface area is 125 Å². The molecule has 3 atom stereocenters. The number of allylic oxidation sites excluding steroid dienone is 4. The lowest BCUT2D eigenvalue weighted by Crippen LogP contribution is -2.23. The van der Waals surface area contributed by atoms with Gasteiger partial charge >= 0.3 is 0 Å². The van der Waals surface area contributed by atoms with Crippen LogP contribution >= 0.6 is 0 Å². The largest absolute Gasteiger partial charge is 0.330 e. The highest BCUT2D eigenvalue weighted by Gasteiger charge is 2.40. The van der Waals surface area contributed by atoms with Crippen LogP contribution in [-0.4, -0.2) is 15.3 Å². The van der Waals surface area contributed by atoms with Gasteiger partial charge in [-0.25, -0.2) is 4.98 Å². The summed E-state index contributed by atoms with van der Waals surface area (Å²) in [6, 6.07) is 0.267. The predicted octanol–water partition coefficient (Wildman–Crippen LogP) is 3.80. The molecular formula is C18H22N2O. The SMILES string of the molecule is O=C(CC1C2C=CC=CC2c2cncn21)C1CCCCC1. The minimum Gasteiger partial charge on any atom is -0.330 e. The van der Waals surface area contributed by atoms with Crippen LogP contribution in [0, 0.1) is 11.8 Å². The van der Waals surface area contributed by atoms with E-state index in [1.54, 1.807) is 0 Å². The number of carbonyl (C=O) groups is 1. The van der Waals surface area contributed by atoms with Crippen LogP contribution in [0.2, 0.25) is 0 Å². The van der Waals surface area contributed by atoms with Crippen molar-refractivity contribution in [2.24, 2.45) is 11.8 Å². The lowest BCUT2D eigenvalue weighted by atomic mass is 9.79. The Kier molecular flexibility index (Phi) is 3.28. The molecule has 4 rings (SSSR count). The highest BCUT2D eigenvalue weighted by atomic mass is 16.1. The molecule has 0 saturated heterocycles. The van der Waals surface area contributed by atoms with Gasteiger partial charge in [-0.3, -0.25) is 4.79 Å². The molecule has 0 radical (unpaired) electrons. The monoisotopic (exact) mass is 282 g/mol. The van der Waals surface area contributed by atoms with Gasteiger partial charge in [0, 0.05) is 42.1 Å². The molecule has 3 unspecified atom stereocenters. The third-order valence-electron chi connectivity index (χ3n) is 5.49. The zero-order valence-corrected chi connectivity index (χ0v) is 12.3. The number of hydrogen-bond donors (Lipinski definition) is 0. The van der Waals surface area contributed by atoms with E-state index in [2.05, 4.69) is 33.9 Å². The maximum absolute atomic E-state index is 12.7.